The maximum Gasteiger partial charge on any atom is 0.361 e. The lowest BCUT2D eigenvalue weighted by Gasteiger charge is -2.50. The van der Waals surface area contributed by atoms with Gasteiger partial charge in [0.2, 0.25) is 0 Å². The van der Waals surface area contributed by atoms with E-state index >= 15 is 0 Å². The summed E-state index contributed by atoms with van der Waals surface area (Å²) in [5.74, 6) is 0.631. The fourth-order valence-electron chi connectivity index (χ4n) is 5.75. The average molecular weight is 311 g/mol. The second-order valence-electron chi connectivity index (χ2n) is 8.93. The molecule has 2 aliphatic rings. The molecule has 4 nitrogen and oxygen atoms in total. The Balaban J connectivity index is 2.36. The van der Waals surface area contributed by atoms with Crippen molar-refractivity contribution in [2.24, 2.45) is 16.7 Å². The first-order chi connectivity index (χ1) is 9.99. The highest BCUT2D eigenvalue weighted by molar-refractivity contribution is 5.70. The zero-order valence-electron chi connectivity index (χ0n) is 15.8. The molecule has 0 aromatic heterocycles. The molecule has 0 N–H and O–H groups in total. The number of esters is 1. The van der Waals surface area contributed by atoms with Gasteiger partial charge in [0.25, 0.3) is 0 Å². The van der Waals surface area contributed by atoms with Crippen LogP contribution in [0.4, 0.5) is 0 Å². The van der Waals surface area contributed by atoms with E-state index in [0.29, 0.717) is 36.6 Å². The smallest absolute Gasteiger partial charge is 0.361 e. The van der Waals surface area contributed by atoms with Gasteiger partial charge in [0.1, 0.15) is 6.04 Å². The van der Waals surface area contributed by atoms with E-state index in [2.05, 4.69) is 53.9 Å². The van der Waals surface area contributed by atoms with Gasteiger partial charge in [-0.05, 0) is 45.2 Å². The van der Waals surface area contributed by atoms with E-state index < -0.39 is 0 Å². The van der Waals surface area contributed by atoms with Gasteiger partial charge < -0.3 is 14.1 Å². The molecule has 2 bridgehead atoms. The molecule has 0 aliphatic heterocycles. The molecule has 0 aromatic rings. The highest BCUT2D eigenvalue weighted by Gasteiger charge is 2.71. The fourth-order valence-corrected chi connectivity index (χ4v) is 5.75. The molecule has 0 unspecified atom stereocenters. The number of rotatable bonds is 5. The molecule has 0 heterocycles. The second-order valence-corrected chi connectivity index (χ2v) is 8.93. The van der Waals surface area contributed by atoms with Crippen molar-refractivity contribution in [2.75, 3.05) is 41.3 Å². The van der Waals surface area contributed by atoms with Gasteiger partial charge in [-0.2, -0.15) is 0 Å². The molecule has 22 heavy (non-hydrogen) atoms. The maximum absolute atomic E-state index is 12.1. The molecule has 0 aromatic carbocycles. The Hall–Kier alpha value is -0.610. The standard InChI is InChI=1S/C18H35N2O2/c1-9-22-14(21)12-20(7,8)16-15(19(5)6)13-10-11-18(16,4)17(13,2)3/h13,15-16H,9-12H2,1-8H3/q+1/t13-,15-,16-,18-/m0/s1. The largest absolute Gasteiger partial charge is 0.462 e. The van der Waals surface area contributed by atoms with Gasteiger partial charge in [-0.1, -0.05) is 20.8 Å². The lowest BCUT2D eigenvalue weighted by atomic mass is 9.68. The SMILES string of the molecule is CCOC(=O)C[N+](C)(C)[C@H]1[C@@H](N(C)C)[C@@H]2CC[C@]1(C)C2(C)C. The minimum absolute atomic E-state index is 0.0748. The summed E-state index contributed by atoms with van der Waals surface area (Å²) in [5.41, 5.74) is 0.583. The summed E-state index contributed by atoms with van der Waals surface area (Å²) < 4.78 is 5.95. The zero-order chi connectivity index (χ0) is 16.9. The van der Waals surface area contributed by atoms with Crippen LogP contribution in [0.15, 0.2) is 0 Å². The molecule has 2 saturated carbocycles. The molecule has 0 amide bonds. The van der Waals surface area contributed by atoms with Crippen molar-refractivity contribution >= 4 is 5.97 Å². The predicted molar refractivity (Wildman–Crippen MR) is 89.5 cm³/mol. The minimum atomic E-state index is -0.0748. The molecule has 128 valence electrons. The Kier molecular flexibility index (Phi) is 4.42. The van der Waals surface area contributed by atoms with Gasteiger partial charge in [0, 0.05) is 5.41 Å². The van der Waals surface area contributed by atoms with Crippen molar-refractivity contribution < 1.29 is 14.0 Å². The van der Waals surface area contributed by atoms with Gasteiger partial charge in [-0.15, -0.1) is 0 Å². The maximum atomic E-state index is 12.1. The van der Waals surface area contributed by atoms with Crippen molar-refractivity contribution in [1.82, 2.24) is 4.90 Å². The Morgan fingerprint density at radius 3 is 2.36 bits per heavy atom. The molecule has 0 spiro atoms. The third-order valence-electron chi connectivity index (χ3n) is 6.95. The summed E-state index contributed by atoms with van der Waals surface area (Å²) in [4.78, 5) is 14.5. The van der Waals surface area contributed by atoms with Crippen LogP contribution in [0.3, 0.4) is 0 Å². The number of carbonyl (C=O) groups is 1. The quantitative estimate of drug-likeness (QED) is 0.577. The molecule has 2 fully saturated rings. The minimum Gasteiger partial charge on any atom is -0.462 e. The third-order valence-corrected chi connectivity index (χ3v) is 6.95. The molecule has 4 heteroatoms. The summed E-state index contributed by atoms with van der Waals surface area (Å²) in [6.07, 6.45) is 2.58. The number of hydrogen-bond acceptors (Lipinski definition) is 3. The molecular weight excluding hydrogens is 276 g/mol. The number of nitrogens with zero attached hydrogens (tertiary/aromatic N) is 2. The zero-order valence-corrected chi connectivity index (χ0v) is 15.8. The van der Waals surface area contributed by atoms with E-state index in [1.165, 1.54) is 12.8 Å². The number of ether oxygens (including phenoxy) is 1. The number of likely N-dealkylation sites (N-methyl/N-ethyl adjacent to an activating group) is 2. The Bertz CT molecular complexity index is 444. The van der Waals surface area contributed by atoms with Gasteiger partial charge >= 0.3 is 5.97 Å². The van der Waals surface area contributed by atoms with E-state index in [-0.39, 0.29) is 11.4 Å². The summed E-state index contributed by atoms with van der Waals surface area (Å²) in [7, 11) is 8.81. The first-order valence-corrected chi connectivity index (χ1v) is 8.63. The summed E-state index contributed by atoms with van der Waals surface area (Å²) >= 11 is 0. The molecule has 0 saturated heterocycles. The molecular formula is C18H35N2O2+. The van der Waals surface area contributed by atoms with Gasteiger partial charge in [0.05, 0.1) is 26.7 Å². The first-order valence-electron chi connectivity index (χ1n) is 8.63. The highest BCUT2D eigenvalue weighted by Crippen LogP contribution is 2.67. The fraction of sp³-hybridized carbons (Fsp3) is 0.944. The monoisotopic (exact) mass is 311 g/mol. The normalized spacial score (nSPS) is 36.9. The van der Waals surface area contributed by atoms with E-state index in [1.54, 1.807) is 0 Å². The Morgan fingerprint density at radius 1 is 1.27 bits per heavy atom. The van der Waals surface area contributed by atoms with Crippen molar-refractivity contribution in [2.45, 2.75) is 52.6 Å². The topological polar surface area (TPSA) is 29.5 Å². The number of carbonyl (C=O) groups excluding carboxylic acids is 1. The van der Waals surface area contributed by atoms with E-state index in [0.717, 1.165) is 4.48 Å². The van der Waals surface area contributed by atoms with Crippen LogP contribution in [0.2, 0.25) is 0 Å². The van der Waals surface area contributed by atoms with Gasteiger partial charge in [0.15, 0.2) is 6.54 Å². The summed E-state index contributed by atoms with van der Waals surface area (Å²) in [5, 5.41) is 0. The highest BCUT2D eigenvalue weighted by atomic mass is 16.5. The van der Waals surface area contributed by atoms with Crippen LogP contribution in [0.1, 0.15) is 40.5 Å². The van der Waals surface area contributed by atoms with Crippen LogP contribution in [0, 0.1) is 16.7 Å². The van der Waals surface area contributed by atoms with Crippen molar-refractivity contribution in [3.8, 4) is 0 Å². The molecule has 2 rings (SSSR count). The summed E-state index contributed by atoms with van der Waals surface area (Å²) in [6, 6.07) is 0.985. The van der Waals surface area contributed by atoms with Crippen LogP contribution in [0.25, 0.3) is 0 Å². The van der Waals surface area contributed by atoms with Gasteiger partial charge in [-0.25, -0.2) is 4.79 Å². The Morgan fingerprint density at radius 2 is 1.86 bits per heavy atom. The summed E-state index contributed by atoms with van der Waals surface area (Å²) in [6.45, 7) is 10.1. The molecule has 4 atom stereocenters. The predicted octanol–water partition coefficient (Wildman–Crippen LogP) is 2.38. The third kappa shape index (κ3) is 2.39. The second kappa shape index (κ2) is 5.48. The van der Waals surface area contributed by atoms with Crippen LogP contribution in [0.5, 0.6) is 0 Å². The Labute approximate surface area is 136 Å². The lowest BCUT2D eigenvalue weighted by Crippen LogP contribution is -2.64. The molecule has 2 aliphatic carbocycles. The first kappa shape index (κ1) is 17.7. The van der Waals surface area contributed by atoms with Crippen LogP contribution >= 0.6 is 0 Å². The number of quaternary nitrogens is 1. The number of fused-ring (bicyclic) bond motifs is 2. The van der Waals surface area contributed by atoms with Crippen LogP contribution in [-0.2, 0) is 9.53 Å². The van der Waals surface area contributed by atoms with Crippen molar-refractivity contribution in [3.05, 3.63) is 0 Å². The van der Waals surface area contributed by atoms with E-state index in [4.69, 9.17) is 4.74 Å². The van der Waals surface area contributed by atoms with Crippen molar-refractivity contribution in [3.63, 3.8) is 0 Å². The lowest BCUT2D eigenvalue weighted by molar-refractivity contribution is -0.917. The van der Waals surface area contributed by atoms with Crippen LogP contribution < -0.4 is 0 Å². The van der Waals surface area contributed by atoms with E-state index in [9.17, 15) is 4.79 Å². The number of hydrogen-bond donors (Lipinski definition) is 0. The van der Waals surface area contributed by atoms with Gasteiger partial charge in [-0.3, -0.25) is 0 Å². The average Bonchev–Trinajstić information content (AvgIpc) is 2.68. The molecule has 0 radical (unpaired) electrons. The van der Waals surface area contributed by atoms with E-state index in [1.807, 2.05) is 6.92 Å². The van der Waals surface area contributed by atoms with Crippen molar-refractivity contribution in [1.29, 1.82) is 0 Å². The van der Waals surface area contributed by atoms with Crippen LogP contribution in [-0.4, -0.2) is 68.8 Å².